The average Bonchev–Trinajstić information content (AvgIpc) is 3.29. The van der Waals surface area contributed by atoms with Gasteiger partial charge in [-0.15, -0.1) is 0 Å². The van der Waals surface area contributed by atoms with Gasteiger partial charge < -0.3 is 39.9 Å². The lowest BCUT2D eigenvalue weighted by Crippen LogP contribution is -2.64. The van der Waals surface area contributed by atoms with E-state index in [1.54, 1.807) is 0 Å². The third-order valence-corrected chi connectivity index (χ3v) is 13.5. The second-order valence-electron chi connectivity index (χ2n) is 18.7. The minimum Gasteiger partial charge on any atom is -0.457 e. The smallest absolute Gasteiger partial charge is 0.457 e. The molecule has 0 aromatic carbocycles. The van der Waals surface area contributed by atoms with Crippen molar-refractivity contribution >= 4 is 13.8 Å². The van der Waals surface area contributed by atoms with Crippen molar-refractivity contribution in [3.05, 3.63) is 24.3 Å². The van der Waals surface area contributed by atoms with Gasteiger partial charge in [0.05, 0.1) is 13.2 Å². The highest BCUT2D eigenvalue weighted by Crippen LogP contribution is 2.47. The Morgan fingerprint density at radius 1 is 0.477 bits per heavy atom. The van der Waals surface area contributed by atoms with Gasteiger partial charge in [-0.25, -0.2) is 4.57 Å². The molecule has 6 unspecified atom stereocenters. The van der Waals surface area contributed by atoms with Gasteiger partial charge in [0.15, 0.2) is 0 Å². The Kier molecular flexibility index (Phi) is 40.8. The predicted octanol–water partition coefficient (Wildman–Crippen LogP) is 12.0. The number of phosphoric acid groups is 1. The number of ether oxygens (including phenoxy) is 2. The quantitative estimate of drug-likeness (QED) is 0.0147. The zero-order valence-corrected chi connectivity index (χ0v) is 42.2. The minimum atomic E-state index is -5.02. The van der Waals surface area contributed by atoms with Crippen LogP contribution in [-0.4, -0.2) is 98.9 Å². The number of phosphoric ester groups is 1. The Morgan fingerprint density at radius 2 is 0.815 bits per heavy atom. The molecular weight excluding hydrogens is 848 g/mol. The van der Waals surface area contributed by atoms with Crippen LogP contribution in [-0.2, 0) is 27.9 Å². The van der Waals surface area contributed by atoms with E-state index >= 15 is 0 Å². The maximum atomic E-state index is 12.9. The number of esters is 1. The SMILES string of the molecule is CCCCCCC/C=C\CCCCCCCCOCC(COP(=O)(O)OC1C(O)C(O)C(O)C(O)C1O)OC(=O)CCCCCCCCCCCCC/C=C\CCCCCCCCCC. The van der Waals surface area contributed by atoms with Crippen molar-refractivity contribution in [1.29, 1.82) is 0 Å². The fourth-order valence-electron chi connectivity index (χ4n) is 8.29. The fourth-order valence-corrected chi connectivity index (χ4v) is 9.26. The highest BCUT2D eigenvalue weighted by molar-refractivity contribution is 7.47. The molecule has 0 aromatic rings. The van der Waals surface area contributed by atoms with E-state index < -0.39 is 63.1 Å². The van der Waals surface area contributed by atoms with Crippen LogP contribution >= 0.6 is 7.82 Å². The standard InChI is InChI=1S/C52H99O12P/c1-3-5-7-9-11-13-15-17-19-20-21-22-23-24-25-26-27-29-31-33-35-37-39-41-46(53)63-45(44-62-65(59,60)64-52-50(57)48(55)47(54)49(56)51(52)58)43-61-42-40-38-36-34-32-30-28-18-16-14-12-10-8-6-4-2/h16,18,20-21,45,47-52,54-58H,3-15,17,19,22-44H2,1-2H3,(H,59,60)/b18-16-,21-20-. The maximum Gasteiger partial charge on any atom is 0.472 e. The summed E-state index contributed by atoms with van der Waals surface area (Å²) in [6.45, 7) is 4.27. The summed E-state index contributed by atoms with van der Waals surface area (Å²) in [4.78, 5) is 23.3. The highest BCUT2D eigenvalue weighted by atomic mass is 31.2. The van der Waals surface area contributed by atoms with Crippen molar-refractivity contribution in [2.45, 2.75) is 281 Å². The predicted molar refractivity (Wildman–Crippen MR) is 263 cm³/mol. The molecule has 0 heterocycles. The van der Waals surface area contributed by atoms with Crippen LogP contribution in [0.5, 0.6) is 0 Å². The van der Waals surface area contributed by atoms with E-state index in [2.05, 4.69) is 38.2 Å². The first-order valence-corrected chi connectivity index (χ1v) is 28.2. The summed E-state index contributed by atoms with van der Waals surface area (Å²) in [6, 6.07) is 0. The van der Waals surface area contributed by atoms with Gasteiger partial charge in [-0.1, -0.05) is 192 Å². The Labute approximate surface area is 396 Å². The van der Waals surface area contributed by atoms with Crippen LogP contribution in [0.1, 0.15) is 239 Å². The molecule has 6 N–H and O–H groups in total. The summed E-state index contributed by atoms with van der Waals surface area (Å²) in [5.41, 5.74) is 0. The normalized spacial score (nSPS) is 21.7. The van der Waals surface area contributed by atoms with Gasteiger partial charge in [0, 0.05) is 13.0 Å². The molecule has 0 aliphatic heterocycles. The first-order chi connectivity index (χ1) is 31.5. The zero-order chi connectivity index (χ0) is 47.6. The Balaban J connectivity index is 2.30. The first-order valence-electron chi connectivity index (χ1n) is 26.7. The van der Waals surface area contributed by atoms with Gasteiger partial charge in [-0.3, -0.25) is 13.8 Å². The fraction of sp³-hybridized carbons (Fsp3) is 0.904. The Bertz CT molecular complexity index is 1170. The van der Waals surface area contributed by atoms with Crippen LogP contribution in [0, 0.1) is 0 Å². The molecule has 1 aliphatic carbocycles. The zero-order valence-electron chi connectivity index (χ0n) is 41.3. The van der Waals surface area contributed by atoms with Gasteiger partial charge in [0.1, 0.15) is 42.7 Å². The van der Waals surface area contributed by atoms with Crippen molar-refractivity contribution in [3.8, 4) is 0 Å². The molecule has 1 fully saturated rings. The van der Waals surface area contributed by atoms with Gasteiger partial charge in [0.2, 0.25) is 0 Å². The number of allylic oxidation sites excluding steroid dienone is 4. The molecule has 0 radical (unpaired) electrons. The summed E-state index contributed by atoms with van der Waals surface area (Å²) in [6.07, 6.45) is 38.2. The highest BCUT2D eigenvalue weighted by Gasteiger charge is 2.51. The number of hydrogen-bond acceptors (Lipinski definition) is 11. The minimum absolute atomic E-state index is 0.0779. The molecule has 65 heavy (non-hydrogen) atoms. The van der Waals surface area contributed by atoms with Crippen LogP contribution < -0.4 is 0 Å². The summed E-state index contributed by atoms with van der Waals surface area (Å²) >= 11 is 0. The lowest BCUT2D eigenvalue weighted by Gasteiger charge is -2.41. The third kappa shape index (κ3) is 34.7. The number of aliphatic hydroxyl groups excluding tert-OH is 5. The molecule has 0 bridgehead atoms. The van der Waals surface area contributed by atoms with Crippen LogP contribution in [0.15, 0.2) is 24.3 Å². The molecule has 1 saturated carbocycles. The number of aliphatic hydroxyl groups is 5. The van der Waals surface area contributed by atoms with Gasteiger partial charge in [0.25, 0.3) is 0 Å². The van der Waals surface area contributed by atoms with E-state index in [1.165, 1.54) is 161 Å². The number of carbonyl (C=O) groups is 1. The largest absolute Gasteiger partial charge is 0.472 e. The van der Waals surface area contributed by atoms with E-state index in [9.17, 15) is 39.8 Å². The lowest BCUT2D eigenvalue weighted by atomic mass is 9.85. The molecule has 0 saturated heterocycles. The van der Waals surface area contributed by atoms with Gasteiger partial charge in [-0.2, -0.15) is 0 Å². The van der Waals surface area contributed by atoms with Crippen molar-refractivity contribution in [3.63, 3.8) is 0 Å². The van der Waals surface area contributed by atoms with E-state index in [0.29, 0.717) is 13.0 Å². The Morgan fingerprint density at radius 3 is 1.22 bits per heavy atom. The first kappa shape index (κ1) is 61.8. The molecular formula is C52H99O12P. The van der Waals surface area contributed by atoms with Crippen LogP contribution in [0.2, 0.25) is 0 Å². The summed E-state index contributed by atoms with van der Waals surface area (Å²) in [5, 5.41) is 50.3. The molecule has 1 rings (SSSR count). The monoisotopic (exact) mass is 947 g/mol. The second kappa shape index (κ2) is 42.9. The third-order valence-electron chi connectivity index (χ3n) is 12.5. The van der Waals surface area contributed by atoms with Crippen LogP contribution in [0.3, 0.4) is 0 Å². The average molecular weight is 947 g/mol. The van der Waals surface area contributed by atoms with Crippen LogP contribution in [0.25, 0.3) is 0 Å². The van der Waals surface area contributed by atoms with E-state index in [-0.39, 0.29) is 13.0 Å². The van der Waals surface area contributed by atoms with Crippen LogP contribution in [0.4, 0.5) is 0 Å². The van der Waals surface area contributed by atoms with E-state index in [0.717, 1.165) is 51.4 Å². The van der Waals surface area contributed by atoms with Gasteiger partial charge in [-0.05, 0) is 64.2 Å². The summed E-state index contributed by atoms with van der Waals surface area (Å²) in [5.74, 6) is -0.477. The lowest BCUT2D eigenvalue weighted by molar-refractivity contribution is -0.220. The summed E-state index contributed by atoms with van der Waals surface area (Å²) in [7, 11) is -5.02. The molecule has 12 nitrogen and oxygen atoms in total. The van der Waals surface area contributed by atoms with Crippen molar-refractivity contribution in [1.82, 2.24) is 0 Å². The molecule has 6 atom stereocenters. The maximum absolute atomic E-state index is 12.9. The van der Waals surface area contributed by atoms with E-state index in [1.807, 2.05) is 0 Å². The molecule has 0 aromatic heterocycles. The topological polar surface area (TPSA) is 192 Å². The van der Waals surface area contributed by atoms with Crippen molar-refractivity contribution in [2.24, 2.45) is 0 Å². The second-order valence-corrected chi connectivity index (χ2v) is 20.1. The number of unbranched alkanes of at least 4 members (excludes halogenated alkanes) is 30. The number of rotatable bonds is 46. The number of carbonyl (C=O) groups excluding carboxylic acids is 1. The molecule has 384 valence electrons. The van der Waals surface area contributed by atoms with Crippen molar-refractivity contribution in [2.75, 3.05) is 19.8 Å². The van der Waals surface area contributed by atoms with Crippen molar-refractivity contribution < 1.29 is 58.3 Å². The molecule has 0 amide bonds. The van der Waals surface area contributed by atoms with Gasteiger partial charge >= 0.3 is 13.8 Å². The molecule has 0 spiro atoms. The molecule has 1 aliphatic rings. The number of hydrogen-bond donors (Lipinski definition) is 6. The van der Waals surface area contributed by atoms with E-state index in [4.69, 9.17) is 18.5 Å². The Hall–Kier alpha value is -1.18. The summed E-state index contributed by atoms with van der Waals surface area (Å²) < 4.78 is 34.3. The molecule has 13 heteroatoms.